The number of allylic oxidation sites excluding steroid dienone is 2. The molecule has 3 rings (SSSR count). The van der Waals surface area contributed by atoms with E-state index in [0.29, 0.717) is 83.7 Å². The molecule has 0 saturated carbocycles. The lowest BCUT2D eigenvalue weighted by atomic mass is 10.0. The van der Waals surface area contributed by atoms with Gasteiger partial charge >= 0.3 is 12.1 Å². The normalized spacial score (nSPS) is 24.1. The van der Waals surface area contributed by atoms with Crippen molar-refractivity contribution in [2.24, 2.45) is 0 Å². The van der Waals surface area contributed by atoms with Gasteiger partial charge in [0.05, 0.1) is 7.11 Å². The van der Waals surface area contributed by atoms with Crippen molar-refractivity contribution in [2.45, 2.75) is 153 Å². The minimum absolute atomic E-state index is 0.238. The molecule has 3 aliphatic heterocycles. The minimum Gasteiger partial charge on any atom is -0.467 e. The molecule has 15 heteroatoms. The number of esters is 1. The number of hydrogen-bond acceptors (Lipinski definition) is 9. The van der Waals surface area contributed by atoms with Crippen LogP contribution in [0.25, 0.3) is 0 Å². The molecule has 15 nitrogen and oxygen atoms in total. The first kappa shape index (κ1) is 43.0. The van der Waals surface area contributed by atoms with Gasteiger partial charge in [-0.15, -0.1) is 13.2 Å². The Morgan fingerprint density at radius 3 is 2.00 bits per heavy atom. The molecule has 4 unspecified atom stereocenters. The van der Waals surface area contributed by atoms with Crippen molar-refractivity contribution >= 4 is 41.6 Å². The number of amides is 6. The van der Waals surface area contributed by atoms with Gasteiger partial charge in [0.25, 0.3) is 0 Å². The van der Waals surface area contributed by atoms with Gasteiger partial charge in [0.1, 0.15) is 41.9 Å². The monoisotopic (exact) mass is 744 g/mol. The lowest BCUT2D eigenvalue weighted by Gasteiger charge is -2.34. The molecule has 0 aromatic rings. The van der Waals surface area contributed by atoms with E-state index in [2.05, 4.69) is 34.4 Å². The standard InChI is InChI=1S/C38H60N6O9/c1-7-9-17-26(42-37(51)53-38(3,4)5)32(46)40-27-20-14-12-11-13-19-25(31(45)41-28(18-10-8-2)36(50)52-6)39-33(47)29-21-15-23-43(29)35(49)30-22-16-24-44(30)34(27)48/h7-8,25-30H,1-2,9-24H2,3-6H3,(H,39,47)(H,40,46)(H,41,45)(H,42,51)/t25?,26-,27?,28-,29?,30?/m0/s1. The molecule has 0 spiro atoms. The molecule has 6 amide bonds. The second-order valence-electron chi connectivity index (χ2n) is 15.0. The first-order chi connectivity index (χ1) is 25.2. The van der Waals surface area contributed by atoms with Crippen LogP contribution in [0.4, 0.5) is 4.79 Å². The Labute approximate surface area is 313 Å². The summed E-state index contributed by atoms with van der Waals surface area (Å²) in [6.45, 7) is 13.2. The SMILES string of the molecule is C=CCC[C@H](NC(=O)OC(C)(C)C)C(=O)NC1CCCCCCC(C(=O)N[C@@H](CCC=C)C(=O)OC)NC(=O)C2CCCN2C(=O)C2CCCN2C1=O. The van der Waals surface area contributed by atoms with Gasteiger partial charge in [-0.25, -0.2) is 9.59 Å². The molecule has 3 saturated heterocycles. The van der Waals surface area contributed by atoms with Crippen LogP contribution in [0.2, 0.25) is 0 Å². The number of hydrogen-bond donors (Lipinski definition) is 4. The van der Waals surface area contributed by atoms with Crippen LogP contribution in [0.1, 0.15) is 111 Å². The summed E-state index contributed by atoms with van der Waals surface area (Å²) >= 11 is 0. The molecular weight excluding hydrogens is 684 g/mol. The fourth-order valence-electron chi connectivity index (χ4n) is 7.05. The highest BCUT2D eigenvalue weighted by Gasteiger charge is 2.44. The zero-order chi connectivity index (χ0) is 39.1. The van der Waals surface area contributed by atoms with Crippen LogP contribution in [-0.2, 0) is 38.2 Å². The molecule has 3 aliphatic rings. The van der Waals surface area contributed by atoms with Gasteiger partial charge in [-0.05, 0) is 85.0 Å². The maximum absolute atomic E-state index is 14.2. The third-order valence-electron chi connectivity index (χ3n) is 9.77. The van der Waals surface area contributed by atoms with Crippen LogP contribution in [0.15, 0.2) is 25.3 Å². The quantitative estimate of drug-likeness (QED) is 0.172. The molecule has 0 aromatic heterocycles. The van der Waals surface area contributed by atoms with Gasteiger partial charge in [0, 0.05) is 13.1 Å². The van der Waals surface area contributed by atoms with Gasteiger partial charge in [0.2, 0.25) is 29.5 Å². The number of nitrogens with one attached hydrogen (secondary N) is 4. The van der Waals surface area contributed by atoms with Crippen LogP contribution in [0.5, 0.6) is 0 Å². The molecule has 6 atom stereocenters. The van der Waals surface area contributed by atoms with Crippen molar-refractivity contribution in [3.8, 4) is 0 Å². The van der Waals surface area contributed by atoms with E-state index in [1.165, 1.54) is 16.9 Å². The third kappa shape index (κ3) is 12.9. The number of carbonyl (C=O) groups excluding carboxylic acids is 7. The Morgan fingerprint density at radius 1 is 0.811 bits per heavy atom. The average molecular weight is 745 g/mol. The van der Waals surface area contributed by atoms with E-state index in [1.807, 2.05) is 0 Å². The lowest BCUT2D eigenvalue weighted by Crippen LogP contribution is -2.59. The number of methoxy groups -OCH3 is 1. The van der Waals surface area contributed by atoms with E-state index in [4.69, 9.17) is 9.47 Å². The average Bonchev–Trinajstić information content (AvgIpc) is 3.81. The number of alkyl carbamates (subject to hydrolysis) is 1. The van der Waals surface area contributed by atoms with E-state index in [9.17, 15) is 33.6 Å². The molecule has 296 valence electrons. The fourth-order valence-corrected chi connectivity index (χ4v) is 7.05. The summed E-state index contributed by atoms with van der Waals surface area (Å²) in [6.07, 6.45) is 8.86. The first-order valence-electron chi connectivity index (χ1n) is 19.0. The van der Waals surface area contributed by atoms with Crippen LogP contribution in [0, 0.1) is 0 Å². The zero-order valence-corrected chi connectivity index (χ0v) is 31.9. The summed E-state index contributed by atoms with van der Waals surface area (Å²) in [5.74, 6) is -2.86. The molecule has 4 N–H and O–H groups in total. The van der Waals surface area contributed by atoms with Crippen LogP contribution in [0.3, 0.4) is 0 Å². The summed E-state index contributed by atoms with van der Waals surface area (Å²) in [4.78, 5) is 97.4. The molecule has 0 bridgehead atoms. The van der Waals surface area contributed by atoms with Gasteiger partial charge in [-0.3, -0.25) is 24.0 Å². The van der Waals surface area contributed by atoms with Gasteiger partial charge in [-0.1, -0.05) is 37.8 Å². The fraction of sp³-hybridized carbons (Fsp3) is 0.711. The Bertz CT molecular complexity index is 1350. The zero-order valence-electron chi connectivity index (χ0n) is 31.9. The summed E-state index contributed by atoms with van der Waals surface area (Å²) in [5, 5.41) is 11.1. The molecule has 0 aromatic carbocycles. The topological polar surface area (TPSA) is 193 Å². The van der Waals surface area contributed by atoms with Crippen molar-refractivity contribution in [3.63, 3.8) is 0 Å². The summed E-state index contributed by atoms with van der Waals surface area (Å²) in [7, 11) is 1.24. The molecule has 3 fully saturated rings. The van der Waals surface area contributed by atoms with Crippen molar-refractivity contribution in [3.05, 3.63) is 25.3 Å². The Hall–Kier alpha value is -4.43. The summed E-state index contributed by atoms with van der Waals surface area (Å²) < 4.78 is 10.3. The second-order valence-corrected chi connectivity index (χ2v) is 15.0. The molecule has 0 radical (unpaired) electrons. The highest BCUT2D eigenvalue weighted by Crippen LogP contribution is 2.27. The van der Waals surface area contributed by atoms with E-state index >= 15 is 0 Å². The van der Waals surface area contributed by atoms with Crippen molar-refractivity contribution in [1.29, 1.82) is 0 Å². The summed E-state index contributed by atoms with van der Waals surface area (Å²) in [6, 6.07) is -5.47. The van der Waals surface area contributed by atoms with Crippen molar-refractivity contribution in [1.82, 2.24) is 31.1 Å². The van der Waals surface area contributed by atoms with Crippen molar-refractivity contribution < 1.29 is 43.0 Å². The Morgan fingerprint density at radius 2 is 1.40 bits per heavy atom. The maximum Gasteiger partial charge on any atom is 0.408 e. The first-order valence-corrected chi connectivity index (χ1v) is 19.0. The third-order valence-corrected chi connectivity index (χ3v) is 9.77. The second kappa shape index (κ2) is 20.7. The minimum atomic E-state index is -0.991. The molecule has 3 heterocycles. The molecule has 0 aliphatic carbocycles. The number of ether oxygens (including phenoxy) is 2. The Kier molecular flexibility index (Phi) is 16.8. The van der Waals surface area contributed by atoms with Gasteiger partial charge in [-0.2, -0.15) is 0 Å². The van der Waals surface area contributed by atoms with E-state index in [-0.39, 0.29) is 31.1 Å². The van der Waals surface area contributed by atoms with E-state index < -0.39 is 71.6 Å². The van der Waals surface area contributed by atoms with Crippen molar-refractivity contribution in [2.75, 3.05) is 20.2 Å². The van der Waals surface area contributed by atoms with E-state index in [1.54, 1.807) is 32.9 Å². The molecular formula is C38H60N6O9. The van der Waals surface area contributed by atoms with Gasteiger partial charge in [0.15, 0.2) is 0 Å². The number of fused-ring (bicyclic) bond motifs is 2. The number of nitrogens with zero attached hydrogens (tertiary/aromatic N) is 2. The number of rotatable bonds is 12. The lowest BCUT2D eigenvalue weighted by molar-refractivity contribution is -0.148. The molecule has 53 heavy (non-hydrogen) atoms. The van der Waals surface area contributed by atoms with Crippen LogP contribution >= 0.6 is 0 Å². The highest BCUT2D eigenvalue weighted by molar-refractivity contribution is 5.97. The summed E-state index contributed by atoms with van der Waals surface area (Å²) in [5.41, 5.74) is -0.782. The predicted octanol–water partition coefficient (Wildman–Crippen LogP) is 2.78. The Balaban J connectivity index is 1.86. The van der Waals surface area contributed by atoms with E-state index in [0.717, 1.165) is 0 Å². The number of carbonyl (C=O) groups is 7. The van der Waals surface area contributed by atoms with Crippen LogP contribution < -0.4 is 21.3 Å². The maximum atomic E-state index is 14.2. The van der Waals surface area contributed by atoms with Crippen LogP contribution in [-0.4, -0.2) is 113 Å². The van der Waals surface area contributed by atoms with Gasteiger partial charge < -0.3 is 40.5 Å². The predicted molar refractivity (Wildman–Crippen MR) is 197 cm³/mol. The smallest absolute Gasteiger partial charge is 0.408 e. The largest absolute Gasteiger partial charge is 0.467 e. The highest BCUT2D eigenvalue weighted by atomic mass is 16.6.